The molecule has 3 rings (SSSR count). The Balaban J connectivity index is 2.25. The van der Waals surface area contributed by atoms with Crippen molar-refractivity contribution in [3.05, 3.63) is 40.2 Å². The standard InChI is InChI=1S/C13H12IN5/c1-2-15-13-17-11-6-4-3-5-10(11)12(18-13)19-8-9(14)7-16-19/h3-8H,2H2,1H3,(H,15,17,18). The molecule has 0 unspecified atom stereocenters. The lowest BCUT2D eigenvalue weighted by molar-refractivity contribution is 0.850. The maximum atomic E-state index is 4.55. The van der Waals surface area contributed by atoms with Gasteiger partial charge < -0.3 is 5.32 Å². The van der Waals surface area contributed by atoms with Gasteiger partial charge in [-0.05, 0) is 41.6 Å². The van der Waals surface area contributed by atoms with Gasteiger partial charge >= 0.3 is 0 Å². The second-order valence-electron chi connectivity index (χ2n) is 4.02. The molecule has 1 aromatic carbocycles. The van der Waals surface area contributed by atoms with Gasteiger partial charge in [0.25, 0.3) is 0 Å². The van der Waals surface area contributed by atoms with Crippen LogP contribution in [0.1, 0.15) is 6.92 Å². The summed E-state index contributed by atoms with van der Waals surface area (Å²) in [7, 11) is 0. The van der Waals surface area contributed by atoms with Crippen LogP contribution in [0, 0.1) is 3.57 Å². The smallest absolute Gasteiger partial charge is 0.225 e. The van der Waals surface area contributed by atoms with Crippen LogP contribution < -0.4 is 5.32 Å². The van der Waals surface area contributed by atoms with Gasteiger partial charge in [-0.2, -0.15) is 10.1 Å². The van der Waals surface area contributed by atoms with Crippen molar-refractivity contribution in [2.24, 2.45) is 0 Å². The lowest BCUT2D eigenvalue weighted by Crippen LogP contribution is -2.07. The highest BCUT2D eigenvalue weighted by Gasteiger charge is 2.09. The van der Waals surface area contributed by atoms with E-state index in [1.807, 2.05) is 43.6 Å². The molecule has 0 spiro atoms. The van der Waals surface area contributed by atoms with E-state index in [9.17, 15) is 0 Å². The SMILES string of the molecule is CCNc1nc(-n2cc(I)cn2)c2ccccc2n1. The van der Waals surface area contributed by atoms with E-state index in [2.05, 4.69) is 43.0 Å². The molecule has 0 bridgehead atoms. The number of anilines is 1. The van der Waals surface area contributed by atoms with E-state index in [1.54, 1.807) is 4.68 Å². The number of benzene rings is 1. The van der Waals surface area contributed by atoms with Crippen molar-refractivity contribution < 1.29 is 0 Å². The zero-order valence-corrected chi connectivity index (χ0v) is 12.5. The molecular formula is C13H12IN5. The minimum Gasteiger partial charge on any atom is -0.354 e. The number of hydrogen-bond donors (Lipinski definition) is 1. The Labute approximate surface area is 124 Å². The molecule has 0 radical (unpaired) electrons. The molecule has 0 saturated carbocycles. The molecule has 19 heavy (non-hydrogen) atoms. The molecule has 6 heteroatoms. The third-order valence-electron chi connectivity index (χ3n) is 2.69. The van der Waals surface area contributed by atoms with E-state index in [1.165, 1.54) is 0 Å². The predicted molar refractivity (Wildman–Crippen MR) is 83.5 cm³/mol. The highest BCUT2D eigenvalue weighted by Crippen LogP contribution is 2.21. The molecule has 1 N–H and O–H groups in total. The van der Waals surface area contributed by atoms with Gasteiger partial charge in [-0.3, -0.25) is 0 Å². The molecule has 5 nitrogen and oxygen atoms in total. The first-order valence-electron chi connectivity index (χ1n) is 5.99. The fourth-order valence-corrected chi connectivity index (χ4v) is 2.28. The summed E-state index contributed by atoms with van der Waals surface area (Å²) < 4.78 is 2.86. The average Bonchev–Trinajstić information content (AvgIpc) is 2.85. The van der Waals surface area contributed by atoms with Crippen molar-refractivity contribution in [2.45, 2.75) is 6.92 Å². The van der Waals surface area contributed by atoms with Crippen molar-refractivity contribution in [1.82, 2.24) is 19.7 Å². The van der Waals surface area contributed by atoms with E-state index in [-0.39, 0.29) is 0 Å². The van der Waals surface area contributed by atoms with E-state index in [4.69, 9.17) is 0 Å². The number of halogens is 1. The van der Waals surface area contributed by atoms with Gasteiger partial charge in [0.05, 0.1) is 15.3 Å². The number of nitrogens with zero attached hydrogens (tertiary/aromatic N) is 4. The Hall–Kier alpha value is -1.70. The largest absolute Gasteiger partial charge is 0.354 e. The van der Waals surface area contributed by atoms with Crippen molar-refractivity contribution in [3.8, 4) is 5.82 Å². The summed E-state index contributed by atoms with van der Waals surface area (Å²) in [6, 6.07) is 7.95. The Kier molecular flexibility index (Phi) is 3.33. The number of fused-ring (bicyclic) bond motifs is 1. The number of nitrogens with one attached hydrogen (secondary N) is 1. The lowest BCUT2D eigenvalue weighted by atomic mass is 10.2. The average molecular weight is 365 g/mol. The summed E-state index contributed by atoms with van der Waals surface area (Å²) in [6.07, 6.45) is 3.76. The van der Waals surface area contributed by atoms with E-state index in [0.717, 1.165) is 26.8 Å². The molecular weight excluding hydrogens is 353 g/mol. The second-order valence-corrected chi connectivity index (χ2v) is 5.27. The molecule has 3 aromatic rings. The maximum Gasteiger partial charge on any atom is 0.225 e. The molecule has 0 aliphatic rings. The predicted octanol–water partition coefficient (Wildman–Crippen LogP) is 2.85. The Bertz CT molecular complexity index is 722. The van der Waals surface area contributed by atoms with Crippen LogP contribution >= 0.6 is 22.6 Å². The molecule has 2 aromatic heterocycles. The summed E-state index contributed by atoms with van der Waals surface area (Å²) in [5, 5.41) is 8.47. The Morgan fingerprint density at radius 1 is 1.26 bits per heavy atom. The summed E-state index contributed by atoms with van der Waals surface area (Å²) in [4.78, 5) is 9.04. The summed E-state index contributed by atoms with van der Waals surface area (Å²) >= 11 is 2.23. The number of rotatable bonds is 3. The van der Waals surface area contributed by atoms with Gasteiger partial charge in [0.1, 0.15) is 0 Å². The molecule has 0 aliphatic heterocycles. The number of para-hydroxylation sites is 1. The van der Waals surface area contributed by atoms with Gasteiger partial charge in [-0.1, -0.05) is 12.1 Å². The summed E-state index contributed by atoms with van der Waals surface area (Å²) in [6.45, 7) is 2.81. The van der Waals surface area contributed by atoms with E-state index >= 15 is 0 Å². The molecule has 2 heterocycles. The quantitative estimate of drug-likeness (QED) is 0.726. The second kappa shape index (κ2) is 5.12. The molecule has 0 aliphatic carbocycles. The van der Waals surface area contributed by atoms with Crippen molar-refractivity contribution in [3.63, 3.8) is 0 Å². The molecule has 0 saturated heterocycles. The first-order valence-corrected chi connectivity index (χ1v) is 7.07. The number of hydrogen-bond acceptors (Lipinski definition) is 4. The molecule has 96 valence electrons. The van der Waals surface area contributed by atoms with Crippen LogP contribution in [-0.4, -0.2) is 26.3 Å². The van der Waals surface area contributed by atoms with Gasteiger partial charge in [0, 0.05) is 18.1 Å². The van der Waals surface area contributed by atoms with Crippen LogP contribution in [0.15, 0.2) is 36.7 Å². The first kappa shape index (κ1) is 12.3. The van der Waals surface area contributed by atoms with Gasteiger partial charge in [-0.25, -0.2) is 9.67 Å². The van der Waals surface area contributed by atoms with E-state index < -0.39 is 0 Å². The van der Waals surface area contributed by atoms with Crippen LogP contribution in [0.4, 0.5) is 5.95 Å². The van der Waals surface area contributed by atoms with Crippen LogP contribution in [-0.2, 0) is 0 Å². The van der Waals surface area contributed by atoms with E-state index in [0.29, 0.717) is 5.95 Å². The molecule has 0 amide bonds. The number of aromatic nitrogens is 4. The van der Waals surface area contributed by atoms with Crippen molar-refractivity contribution in [1.29, 1.82) is 0 Å². The fraction of sp³-hybridized carbons (Fsp3) is 0.154. The van der Waals surface area contributed by atoms with Gasteiger partial charge in [0.15, 0.2) is 5.82 Å². The lowest BCUT2D eigenvalue weighted by Gasteiger charge is -2.08. The third-order valence-corrected chi connectivity index (χ3v) is 3.24. The monoisotopic (exact) mass is 365 g/mol. The highest BCUT2D eigenvalue weighted by molar-refractivity contribution is 14.1. The Morgan fingerprint density at radius 2 is 2.11 bits per heavy atom. The Morgan fingerprint density at radius 3 is 2.84 bits per heavy atom. The minimum absolute atomic E-state index is 0.627. The van der Waals surface area contributed by atoms with Crippen molar-refractivity contribution >= 4 is 39.4 Å². The maximum absolute atomic E-state index is 4.55. The summed E-state index contributed by atoms with van der Waals surface area (Å²) in [5.74, 6) is 1.42. The van der Waals surface area contributed by atoms with Crippen LogP contribution in [0.25, 0.3) is 16.7 Å². The van der Waals surface area contributed by atoms with Gasteiger partial charge in [0.2, 0.25) is 5.95 Å². The normalized spacial score (nSPS) is 10.8. The topological polar surface area (TPSA) is 55.6 Å². The fourth-order valence-electron chi connectivity index (χ4n) is 1.89. The van der Waals surface area contributed by atoms with Crippen LogP contribution in [0.3, 0.4) is 0 Å². The molecule has 0 fully saturated rings. The molecule has 0 atom stereocenters. The summed E-state index contributed by atoms with van der Waals surface area (Å²) in [5.41, 5.74) is 0.911. The van der Waals surface area contributed by atoms with Crippen LogP contribution in [0.2, 0.25) is 0 Å². The highest BCUT2D eigenvalue weighted by atomic mass is 127. The van der Waals surface area contributed by atoms with Gasteiger partial charge in [-0.15, -0.1) is 0 Å². The first-order chi connectivity index (χ1) is 9.28. The minimum atomic E-state index is 0.627. The zero-order valence-electron chi connectivity index (χ0n) is 10.3. The van der Waals surface area contributed by atoms with Crippen molar-refractivity contribution in [2.75, 3.05) is 11.9 Å². The van der Waals surface area contributed by atoms with Crippen LogP contribution in [0.5, 0.6) is 0 Å². The zero-order chi connectivity index (χ0) is 13.2. The third kappa shape index (κ3) is 2.40.